The van der Waals surface area contributed by atoms with E-state index < -0.39 is 0 Å². The van der Waals surface area contributed by atoms with Crippen molar-refractivity contribution >= 4 is 23.0 Å². The Balaban J connectivity index is 2.70. The van der Waals surface area contributed by atoms with E-state index in [2.05, 4.69) is 18.2 Å². The lowest BCUT2D eigenvalue weighted by molar-refractivity contribution is 0.377. The molecule has 0 radical (unpaired) electrons. The van der Waals surface area contributed by atoms with E-state index in [0.717, 1.165) is 0 Å². The highest BCUT2D eigenvalue weighted by Crippen LogP contribution is 2.26. The molecule has 1 aromatic carbocycles. The van der Waals surface area contributed by atoms with Crippen LogP contribution in [0.25, 0.3) is 0 Å². The highest BCUT2D eigenvalue weighted by molar-refractivity contribution is 6.32. The molecular weight excluding hydrogens is 224 g/mol. The van der Waals surface area contributed by atoms with Gasteiger partial charge >= 0.3 is 0 Å². The molecule has 0 aliphatic heterocycles. The van der Waals surface area contributed by atoms with Crippen molar-refractivity contribution in [3.05, 3.63) is 48.7 Å². The molecule has 0 aromatic heterocycles. The zero-order valence-electron chi connectivity index (χ0n) is 8.82. The molecular formula is C12H13ClN2O. The second-order valence-electron chi connectivity index (χ2n) is 2.99. The molecule has 0 bridgehead atoms. The third-order valence-corrected chi connectivity index (χ3v) is 2.12. The summed E-state index contributed by atoms with van der Waals surface area (Å²) in [4.78, 5) is 3.97. The zero-order valence-corrected chi connectivity index (χ0v) is 9.57. The van der Waals surface area contributed by atoms with Crippen LogP contribution in [0.5, 0.6) is 5.75 Å². The average Bonchev–Trinajstić information content (AvgIpc) is 2.26. The maximum atomic E-state index is 5.94. The van der Waals surface area contributed by atoms with E-state index in [1.54, 1.807) is 24.3 Å². The number of halogens is 1. The molecule has 16 heavy (non-hydrogen) atoms. The normalized spacial score (nSPS) is 10.9. The Morgan fingerprint density at radius 2 is 2.25 bits per heavy atom. The third kappa shape index (κ3) is 3.44. The van der Waals surface area contributed by atoms with E-state index in [0.29, 0.717) is 28.8 Å². The fourth-order valence-electron chi connectivity index (χ4n) is 1.05. The van der Waals surface area contributed by atoms with E-state index >= 15 is 0 Å². The molecule has 3 nitrogen and oxygen atoms in total. The highest BCUT2D eigenvalue weighted by Gasteiger charge is 2.02. The van der Waals surface area contributed by atoms with E-state index in [-0.39, 0.29) is 0 Å². The van der Waals surface area contributed by atoms with Crippen molar-refractivity contribution in [1.29, 1.82) is 0 Å². The summed E-state index contributed by atoms with van der Waals surface area (Å²) in [6, 6.07) is 5.07. The van der Waals surface area contributed by atoms with Gasteiger partial charge in [0.2, 0.25) is 0 Å². The van der Waals surface area contributed by atoms with Crippen LogP contribution in [0.4, 0.5) is 5.69 Å². The lowest BCUT2D eigenvalue weighted by Crippen LogP contribution is -2.08. The van der Waals surface area contributed by atoms with Gasteiger partial charge in [-0.2, -0.15) is 0 Å². The summed E-state index contributed by atoms with van der Waals surface area (Å²) in [6.45, 7) is 7.41. The SMILES string of the molecule is C=CN=C(C=C)COc1ccc(N)cc1Cl. The summed E-state index contributed by atoms with van der Waals surface area (Å²) in [7, 11) is 0. The molecule has 0 atom stereocenters. The average molecular weight is 237 g/mol. The minimum Gasteiger partial charge on any atom is -0.486 e. The number of nitrogen functional groups attached to an aromatic ring is 1. The van der Waals surface area contributed by atoms with Gasteiger partial charge in [-0.25, -0.2) is 0 Å². The number of nitrogens with zero attached hydrogens (tertiary/aromatic N) is 1. The Bertz CT molecular complexity index is 427. The van der Waals surface area contributed by atoms with Crippen molar-refractivity contribution < 1.29 is 4.74 Å². The lowest BCUT2D eigenvalue weighted by atomic mass is 10.3. The zero-order chi connectivity index (χ0) is 12.0. The monoisotopic (exact) mass is 236 g/mol. The van der Waals surface area contributed by atoms with Gasteiger partial charge in [0, 0.05) is 11.9 Å². The first kappa shape index (κ1) is 12.3. The third-order valence-electron chi connectivity index (χ3n) is 1.82. The quantitative estimate of drug-likeness (QED) is 0.631. The predicted molar refractivity (Wildman–Crippen MR) is 69.2 cm³/mol. The van der Waals surface area contributed by atoms with Crippen LogP contribution in [0, 0.1) is 0 Å². The lowest BCUT2D eigenvalue weighted by Gasteiger charge is -2.08. The Morgan fingerprint density at radius 3 is 2.81 bits per heavy atom. The van der Waals surface area contributed by atoms with Gasteiger partial charge in [-0.05, 0) is 24.3 Å². The van der Waals surface area contributed by atoms with Crippen LogP contribution < -0.4 is 10.5 Å². The maximum Gasteiger partial charge on any atom is 0.138 e. The van der Waals surface area contributed by atoms with E-state index in [1.807, 2.05) is 0 Å². The number of ether oxygens (including phenoxy) is 1. The Hall–Kier alpha value is -1.74. The van der Waals surface area contributed by atoms with Crippen LogP contribution >= 0.6 is 11.6 Å². The Kier molecular flexibility index (Phi) is 4.61. The van der Waals surface area contributed by atoms with Gasteiger partial charge in [-0.3, -0.25) is 4.99 Å². The molecule has 1 aromatic rings. The molecule has 0 amide bonds. The molecule has 0 unspecified atom stereocenters. The number of benzene rings is 1. The number of nitrogens with two attached hydrogens (primary N) is 1. The molecule has 0 heterocycles. The van der Waals surface area contributed by atoms with E-state index in [4.69, 9.17) is 22.1 Å². The molecule has 1 rings (SSSR count). The van der Waals surface area contributed by atoms with Crippen molar-refractivity contribution in [3.8, 4) is 5.75 Å². The smallest absolute Gasteiger partial charge is 0.138 e. The number of rotatable bonds is 5. The molecule has 84 valence electrons. The predicted octanol–water partition coefficient (Wildman–Crippen LogP) is 3.07. The van der Waals surface area contributed by atoms with Crippen LogP contribution in [-0.4, -0.2) is 12.3 Å². The number of aliphatic imine (C=N–C) groups is 1. The maximum absolute atomic E-state index is 5.94. The second kappa shape index (κ2) is 5.98. The van der Waals surface area contributed by atoms with Crippen molar-refractivity contribution in [3.63, 3.8) is 0 Å². The second-order valence-corrected chi connectivity index (χ2v) is 3.39. The Labute approximate surface area is 99.9 Å². The van der Waals surface area contributed by atoms with Crippen molar-refractivity contribution in [1.82, 2.24) is 0 Å². The first-order valence-electron chi connectivity index (χ1n) is 4.65. The minimum absolute atomic E-state index is 0.291. The number of anilines is 1. The van der Waals surface area contributed by atoms with Gasteiger partial charge in [0.05, 0.1) is 10.7 Å². The van der Waals surface area contributed by atoms with Crippen molar-refractivity contribution in [2.45, 2.75) is 0 Å². The minimum atomic E-state index is 0.291. The first-order valence-corrected chi connectivity index (χ1v) is 5.03. The summed E-state index contributed by atoms with van der Waals surface area (Å²) in [5.41, 5.74) is 6.85. The molecule has 0 spiro atoms. The summed E-state index contributed by atoms with van der Waals surface area (Å²) >= 11 is 5.94. The van der Waals surface area contributed by atoms with Gasteiger partial charge in [0.1, 0.15) is 12.4 Å². The number of hydrogen-bond acceptors (Lipinski definition) is 3. The largest absolute Gasteiger partial charge is 0.486 e. The molecule has 0 fully saturated rings. The summed E-state index contributed by atoms with van der Waals surface area (Å²) in [5, 5.41) is 0.474. The van der Waals surface area contributed by atoms with Crippen LogP contribution in [0.1, 0.15) is 0 Å². The molecule has 2 N–H and O–H groups in total. The van der Waals surface area contributed by atoms with Crippen molar-refractivity contribution in [2.75, 3.05) is 12.3 Å². The summed E-state index contributed by atoms with van der Waals surface area (Å²) < 4.78 is 5.46. The standard InChI is InChI=1S/C12H13ClN2O/c1-3-10(15-4-2)8-16-12-6-5-9(14)7-11(12)13/h3-7H,1-2,8,14H2. The van der Waals surface area contributed by atoms with E-state index in [1.165, 1.54) is 6.20 Å². The van der Waals surface area contributed by atoms with Gasteiger partial charge in [0.15, 0.2) is 0 Å². The first-order chi connectivity index (χ1) is 7.67. The summed E-state index contributed by atoms with van der Waals surface area (Å²) in [5.74, 6) is 0.564. The molecule has 0 saturated heterocycles. The molecule has 0 saturated carbocycles. The molecule has 4 heteroatoms. The van der Waals surface area contributed by atoms with Crippen LogP contribution in [0.15, 0.2) is 48.6 Å². The van der Waals surface area contributed by atoms with Crippen LogP contribution in [0.2, 0.25) is 5.02 Å². The van der Waals surface area contributed by atoms with Crippen molar-refractivity contribution in [2.24, 2.45) is 4.99 Å². The fourth-order valence-corrected chi connectivity index (χ4v) is 1.30. The van der Waals surface area contributed by atoms with E-state index in [9.17, 15) is 0 Å². The molecule has 0 aliphatic carbocycles. The van der Waals surface area contributed by atoms with Gasteiger partial charge < -0.3 is 10.5 Å². The fraction of sp³-hybridized carbons (Fsp3) is 0.0833. The van der Waals surface area contributed by atoms with Gasteiger partial charge in [-0.15, -0.1) is 0 Å². The summed E-state index contributed by atoms with van der Waals surface area (Å²) in [6.07, 6.45) is 3.04. The Morgan fingerprint density at radius 1 is 1.50 bits per heavy atom. The van der Waals surface area contributed by atoms with Crippen LogP contribution in [-0.2, 0) is 0 Å². The highest BCUT2D eigenvalue weighted by atomic mass is 35.5. The van der Waals surface area contributed by atoms with Gasteiger partial charge in [-0.1, -0.05) is 24.8 Å². The van der Waals surface area contributed by atoms with Gasteiger partial charge in [0.25, 0.3) is 0 Å². The molecule has 0 aliphatic rings. The topological polar surface area (TPSA) is 47.6 Å². The number of hydrogen-bond donors (Lipinski definition) is 1. The van der Waals surface area contributed by atoms with Crippen LogP contribution in [0.3, 0.4) is 0 Å².